The number of carbonyl (C=O) groups excluding carboxylic acids is 2. The second kappa shape index (κ2) is 10.8. The molecule has 1 N–H and O–H groups in total. The van der Waals surface area contributed by atoms with Gasteiger partial charge >= 0.3 is 0 Å². The molecule has 2 aliphatic rings. The molecule has 0 bridgehead atoms. The number of sulfonamides is 1. The Morgan fingerprint density at radius 1 is 1.06 bits per heavy atom. The molecule has 1 fully saturated rings. The fourth-order valence-corrected chi connectivity index (χ4v) is 7.50. The predicted octanol–water partition coefficient (Wildman–Crippen LogP) is 3.64. The number of fused-ring (bicyclic) bond motifs is 1. The molecule has 8 nitrogen and oxygen atoms in total. The molecule has 0 unspecified atom stereocenters. The summed E-state index contributed by atoms with van der Waals surface area (Å²) in [4.78, 5) is 31.4. The molecule has 1 saturated heterocycles. The van der Waals surface area contributed by atoms with Crippen LogP contribution in [0.4, 0.5) is 5.00 Å². The first-order valence-electron chi connectivity index (χ1n) is 12.2. The van der Waals surface area contributed by atoms with Crippen molar-refractivity contribution in [2.45, 2.75) is 50.5 Å². The van der Waals surface area contributed by atoms with Gasteiger partial charge in [-0.05, 0) is 62.1 Å². The summed E-state index contributed by atoms with van der Waals surface area (Å²) >= 11 is 1.46. The van der Waals surface area contributed by atoms with Crippen LogP contribution in [0.3, 0.4) is 0 Å². The molecule has 0 spiro atoms. The topological polar surface area (TPSA) is 90.0 Å². The van der Waals surface area contributed by atoms with Crippen LogP contribution in [0.2, 0.25) is 0 Å². The van der Waals surface area contributed by atoms with Gasteiger partial charge in [-0.2, -0.15) is 4.31 Å². The van der Waals surface area contributed by atoms with Gasteiger partial charge < -0.3 is 10.2 Å². The van der Waals surface area contributed by atoms with Crippen LogP contribution in [0.5, 0.6) is 0 Å². The molecule has 0 aliphatic carbocycles. The molecule has 2 amide bonds. The van der Waals surface area contributed by atoms with Crippen LogP contribution in [0, 0.1) is 0 Å². The van der Waals surface area contributed by atoms with Crippen LogP contribution >= 0.6 is 11.3 Å². The van der Waals surface area contributed by atoms with E-state index in [2.05, 4.69) is 17.1 Å². The van der Waals surface area contributed by atoms with E-state index in [-0.39, 0.29) is 16.7 Å². The minimum absolute atomic E-state index is 0.121. The smallest absolute Gasteiger partial charge is 0.256 e. The first-order chi connectivity index (χ1) is 16.7. The zero-order chi connectivity index (χ0) is 25.2. The summed E-state index contributed by atoms with van der Waals surface area (Å²) in [5.74, 6) is -0.478. The number of nitrogens with one attached hydrogen (secondary N) is 1. The fraction of sp³-hybridized carbons (Fsp3) is 0.520. The third-order valence-electron chi connectivity index (χ3n) is 6.59. The van der Waals surface area contributed by atoms with E-state index in [1.54, 1.807) is 14.1 Å². The number of anilines is 1. The van der Waals surface area contributed by atoms with Crippen molar-refractivity contribution in [3.8, 4) is 0 Å². The van der Waals surface area contributed by atoms with E-state index in [0.717, 1.165) is 62.2 Å². The summed E-state index contributed by atoms with van der Waals surface area (Å²) < 4.78 is 27.3. The van der Waals surface area contributed by atoms with Crippen molar-refractivity contribution in [2.75, 3.05) is 45.6 Å². The lowest BCUT2D eigenvalue weighted by Crippen LogP contribution is -2.35. The van der Waals surface area contributed by atoms with Gasteiger partial charge in [0.1, 0.15) is 5.00 Å². The predicted molar refractivity (Wildman–Crippen MR) is 139 cm³/mol. The molecular formula is C25H34N4O4S2. The maximum atomic E-state index is 13.1. The first kappa shape index (κ1) is 25.8. The average Bonchev–Trinajstić information content (AvgIpc) is 3.21. The third kappa shape index (κ3) is 5.45. The van der Waals surface area contributed by atoms with E-state index < -0.39 is 10.0 Å². The molecule has 2 aliphatic heterocycles. The molecule has 10 heteroatoms. The number of thiophene rings is 1. The zero-order valence-electron chi connectivity index (χ0n) is 20.7. The van der Waals surface area contributed by atoms with Crippen molar-refractivity contribution in [2.24, 2.45) is 0 Å². The number of carbonyl (C=O) groups is 2. The monoisotopic (exact) mass is 518 g/mol. The summed E-state index contributed by atoms with van der Waals surface area (Å²) in [6.45, 7) is 5.90. The van der Waals surface area contributed by atoms with Crippen LogP contribution in [-0.4, -0.2) is 74.6 Å². The summed E-state index contributed by atoms with van der Waals surface area (Å²) in [7, 11) is -0.126. The Hall–Kier alpha value is -2.27. The highest BCUT2D eigenvalue weighted by atomic mass is 32.2. The van der Waals surface area contributed by atoms with Crippen molar-refractivity contribution in [3.63, 3.8) is 0 Å². The second-order valence-electron chi connectivity index (χ2n) is 9.38. The van der Waals surface area contributed by atoms with Gasteiger partial charge in [0, 0.05) is 50.7 Å². The van der Waals surface area contributed by atoms with Gasteiger partial charge in [0.25, 0.3) is 11.8 Å². The Balaban J connectivity index is 1.56. The zero-order valence-corrected chi connectivity index (χ0v) is 22.3. The van der Waals surface area contributed by atoms with Gasteiger partial charge in [-0.3, -0.25) is 14.5 Å². The number of piperidine rings is 1. The lowest BCUT2D eigenvalue weighted by molar-refractivity contribution is 0.0827. The maximum absolute atomic E-state index is 13.1. The fourth-order valence-electron chi connectivity index (χ4n) is 4.71. The molecule has 0 radical (unpaired) electrons. The van der Waals surface area contributed by atoms with Crippen LogP contribution in [-0.2, 0) is 23.0 Å². The van der Waals surface area contributed by atoms with E-state index in [1.165, 1.54) is 44.8 Å². The standard InChI is InChI=1S/C25H34N4O4S2/c1-4-13-28-16-12-20-21(17-28)34-24(22(20)25(31)27(2)3)26-23(30)18-8-10-19(11-9-18)35(32,33)29-14-6-5-7-15-29/h8-11H,4-7,12-17H2,1-3H3,(H,26,30). The van der Waals surface area contributed by atoms with E-state index in [4.69, 9.17) is 0 Å². The van der Waals surface area contributed by atoms with Gasteiger partial charge in [0.2, 0.25) is 10.0 Å². The minimum Gasteiger partial charge on any atom is -0.345 e. The summed E-state index contributed by atoms with van der Waals surface area (Å²) in [6, 6.07) is 6.06. The van der Waals surface area contributed by atoms with Gasteiger partial charge in [-0.1, -0.05) is 13.3 Å². The summed E-state index contributed by atoms with van der Waals surface area (Å²) in [5, 5.41) is 3.50. The average molecular weight is 519 g/mol. The Bertz CT molecular complexity index is 1180. The highest BCUT2D eigenvalue weighted by Gasteiger charge is 2.30. The van der Waals surface area contributed by atoms with Crippen molar-refractivity contribution in [3.05, 3.63) is 45.8 Å². The Morgan fingerprint density at radius 3 is 2.37 bits per heavy atom. The van der Waals surface area contributed by atoms with E-state index in [1.807, 2.05) is 0 Å². The van der Waals surface area contributed by atoms with Crippen LogP contribution in [0.1, 0.15) is 63.8 Å². The van der Waals surface area contributed by atoms with E-state index in [0.29, 0.717) is 29.2 Å². The van der Waals surface area contributed by atoms with Crippen LogP contribution in [0.15, 0.2) is 29.2 Å². The van der Waals surface area contributed by atoms with Gasteiger partial charge in [-0.25, -0.2) is 8.42 Å². The number of rotatable bonds is 7. The van der Waals surface area contributed by atoms with Crippen LogP contribution in [0.25, 0.3) is 0 Å². The van der Waals surface area contributed by atoms with E-state index >= 15 is 0 Å². The van der Waals surface area contributed by atoms with Gasteiger partial charge in [0.05, 0.1) is 10.5 Å². The highest BCUT2D eigenvalue weighted by Crippen LogP contribution is 2.38. The Morgan fingerprint density at radius 2 is 1.74 bits per heavy atom. The molecule has 2 aromatic rings. The molecule has 35 heavy (non-hydrogen) atoms. The molecule has 0 atom stereocenters. The molecule has 1 aromatic heterocycles. The molecule has 3 heterocycles. The van der Waals surface area contributed by atoms with E-state index in [9.17, 15) is 18.0 Å². The third-order valence-corrected chi connectivity index (χ3v) is 9.64. The van der Waals surface area contributed by atoms with Crippen molar-refractivity contribution in [1.29, 1.82) is 0 Å². The molecule has 0 saturated carbocycles. The second-order valence-corrected chi connectivity index (χ2v) is 12.4. The quantitative estimate of drug-likeness (QED) is 0.604. The van der Waals surface area contributed by atoms with Crippen molar-refractivity contribution in [1.82, 2.24) is 14.1 Å². The SMILES string of the molecule is CCCN1CCc2c(sc(NC(=O)c3ccc(S(=O)(=O)N4CCCCC4)cc3)c2C(=O)N(C)C)C1. The number of hydrogen-bond donors (Lipinski definition) is 1. The molecular weight excluding hydrogens is 484 g/mol. The molecule has 4 rings (SSSR count). The molecule has 1 aromatic carbocycles. The maximum Gasteiger partial charge on any atom is 0.256 e. The number of benzene rings is 1. The number of nitrogens with zero attached hydrogens (tertiary/aromatic N) is 3. The normalized spacial score (nSPS) is 17.1. The van der Waals surface area contributed by atoms with Crippen LogP contribution < -0.4 is 5.32 Å². The minimum atomic E-state index is -3.55. The molecule has 190 valence electrons. The van der Waals surface area contributed by atoms with Gasteiger partial charge in [0.15, 0.2) is 0 Å². The van der Waals surface area contributed by atoms with Gasteiger partial charge in [-0.15, -0.1) is 11.3 Å². The summed E-state index contributed by atoms with van der Waals surface area (Å²) in [6.07, 6.45) is 4.63. The first-order valence-corrected chi connectivity index (χ1v) is 14.5. The Kier molecular flexibility index (Phi) is 7.95. The summed E-state index contributed by atoms with van der Waals surface area (Å²) in [5.41, 5.74) is 1.95. The number of amides is 2. The van der Waals surface area contributed by atoms with Crippen molar-refractivity contribution >= 4 is 38.2 Å². The van der Waals surface area contributed by atoms with Crippen molar-refractivity contribution < 1.29 is 18.0 Å². The highest BCUT2D eigenvalue weighted by molar-refractivity contribution is 7.89. The lowest BCUT2D eigenvalue weighted by atomic mass is 10.0. The lowest BCUT2D eigenvalue weighted by Gasteiger charge is -2.26. The number of hydrogen-bond acceptors (Lipinski definition) is 6. The Labute approximate surface area is 212 Å². The largest absolute Gasteiger partial charge is 0.345 e.